The van der Waals surface area contributed by atoms with Crippen LogP contribution in [0.2, 0.25) is 0 Å². The van der Waals surface area contributed by atoms with Gasteiger partial charge in [0.2, 0.25) is 0 Å². The van der Waals surface area contributed by atoms with Gasteiger partial charge in [-0.05, 0) is 61.1 Å². The second-order valence-electron chi connectivity index (χ2n) is 6.95. The topological polar surface area (TPSA) is 30.5 Å². The molecular formula is C20H20F3NO2. The second-order valence-corrected chi connectivity index (χ2v) is 6.95. The molecule has 2 aliphatic heterocycles. The highest BCUT2D eigenvalue weighted by Gasteiger charge is 2.34. The second kappa shape index (κ2) is 6.83. The van der Waals surface area contributed by atoms with Crippen molar-refractivity contribution in [3.8, 4) is 22.6 Å². The van der Waals surface area contributed by atoms with Gasteiger partial charge in [0, 0.05) is 12.1 Å². The largest absolute Gasteiger partial charge is 0.573 e. The molecule has 4 rings (SSSR count). The molecule has 2 fully saturated rings. The summed E-state index contributed by atoms with van der Waals surface area (Å²) in [5, 5.41) is 3.59. The zero-order valence-electron chi connectivity index (χ0n) is 14.1. The Bertz CT molecular complexity index is 748. The molecule has 0 spiro atoms. The van der Waals surface area contributed by atoms with Crippen LogP contribution in [0.4, 0.5) is 13.2 Å². The van der Waals surface area contributed by atoms with E-state index >= 15 is 0 Å². The summed E-state index contributed by atoms with van der Waals surface area (Å²) < 4.78 is 46.9. The van der Waals surface area contributed by atoms with Crippen molar-refractivity contribution in [2.24, 2.45) is 0 Å². The van der Waals surface area contributed by atoms with Crippen LogP contribution in [0.5, 0.6) is 11.5 Å². The first-order valence-corrected chi connectivity index (χ1v) is 8.83. The van der Waals surface area contributed by atoms with Gasteiger partial charge >= 0.3 is 6.36 Å². The van der Waals surface area contributed by atoms with Gasteiger partial charge in [-0.2, -0.15) is 0 Å². The Hall–Kier alpha value is -2.21. The van der Waals surface area contributed by atoms with Crippen LogP contribution >= 0.6 is 0 Å². The number of nitrogens with one attached hydrogen (secondary N) is 1. The molecule has 2 bridgehead atoms. The summed E-state index contributed by atoms with van der Waals surface area (Å²) in [4.78, 5) is 0. The molecule has 0 amide bonds. The van der Waals surface area contributed by atoms with Gasteiger partial charge in [0.15, 0.2) is 0 Å². The van der Waals surface area contributed by atoms with Crippen LogP contribution in [0.1, 0.15) is 25.7 Å². The standard InChI is InChI=1S/C20H20F3NO2/c21-20(22,23)26-17-8-4-13(5-9-17)14-2-1-3-18(10-14)25-19-11-15-6-7-16(12-19)24-15/h1-5,8-10,15-16,19,24H,6-7,11-12H2/t15-,16+,19-. The van der Waals surface area contributed by atoms with Crippen LogP contribution in [-0.4, -0.2) is 24.6 Å². The minimum absolute atomic E-state index is 0.214. The van der Waals surface area contributed by atoms with Crippen molar-refractivity contribution >= 4 is 0 Å². The Morgan fingerprint density at radius 3 is 2.19 bits per heavy atom. The van der Waals surface area contributed by atoms with E-state index in [0.29, 0.717) is 12.1 Å². The summed E-state index contributed by atoms with van der Waals surface area (Å²) in [5.41, 5.74) is 1.72. The Balaban J connectivity index is 1.45. The maximum atomic E-state index is 12.3. The number of rotatable bonds is 4. The van der Waals surface area contributed by atoms with Gasteiger partial charge in [-0.15, -0.1) is 13.2 Å². The zero-order chi connectivity index (χ0) is 18.1. The summed E-state index contributed by atoms with van der Waals surface area (Å²) in [7, 11) is 0. The molecule has 3 atom stereocenters. The van der Waals surface area contributed by atoms with Crippen molar-refractivity contribution < 1.29 is 22.6 Å². The molecule has 2 aromatic rings. The van der Waals surface area contributed by atoms with Gasteiger partial charge in [-0.1, -0.05) is 24.3 Å². The Morgan fingerprint density at radius 2 is 1.54 bits per heavy atom. The average Bonchev–Trinajstić information content (AvgIpc) is 2.93. The molecule has 138 valence electrons. The van der Waals surface area contributed by atoms with E-state index in [0.717, 1.165) is 29.7 Å². The third kappa shape index (κ3) is 4.12. The lowest BCUT2D eigenvalue weighted by atomic mass is 10.0. The molecule has 2 heterocycles. The Kier molecular flexibility index (Phi) is 4.53. The highest BCUT2D eigenvalue weighted by molar-refractivity contribution is 5.65. The van der Waals surface area contributed by atoms with Crippen LogP contribution < -0.4 is 14.8 Å². The lowest BCUT2D eigenvalue weighted by Crippen LogP contribution is -2.42. The number of hydrogen-bond acceptors (Lipinski definition) is 3. The Morgan fingerprint density at radius 1 is 0.846 bits per heavy atom. The summed E-state index contributed by atoms with van der Waals surface area (Å²) >= 11 is 0. The monoisotopic (exact) mass is 363 g/mol. The smallest absolute Gasteiger partial charge is 0.490 e. The van der Waals surface area contributed by atoms with Gasteiger partial charge in [0.05, 0.1) is 0 Å². The first kappa shape index (κ1) is 17.2. The van der Waals surface area contributed by atoms with Crippen molar-refractivity contribution in [2.75, 3.05) is 0 Å². The lowest BCUT2D eigenvalue weighted by molar-refractivity contribution is -0.274. The maximum absolute atomic E-state index is 12.3. The first-order chi connectivity index (χ1) is 12.4. The quantitative estimate of drug-likeness (QED) is 0.837. The van der Waals surface area contributed by atoms with Gasteiger partial charge < -0.3 is 14.8 Å². The zero-order valence-corrected chi connectivity index (χ0v) is 14.1. The summed E-state index contributed by atoms with van der Waals surface area (Å²) in [6, 6.07) is 14.7. The third-order valence-electron chi connectivity index (χ3n) is 4.99. The van der Waals surface area contributed by atoms with E-state index < -0.39 is 6.36 Å². The highest BCUT2D eigenvalue weighted by Crippen LogP contribution is 2.32. The van der Waals surface area contributed by atoms with Crippen molar-refractivity contribution in [1.29, 1.82) is 0 Å². The molecule has 0 aliphatic carbocycles. The predicted molar refractivity (Wildman–Crippen MR) is 92.2 cm³/mol. The SMILES string of the molecule is FC(F)(F)Oc1ccc(-c2cccc(O[C@@H]3C[C@H]4CC[C@@H](C3)N4)c2)cc1. The number of alkyl halides is 3. The number of piperidine rings is 1. The minimum Gasteiger partial charge on any atom is -0.490 e. The van der Waals surface area contributed by atoms with Crippen LogP contribution in [-0.2, 0) is 0 Å². The van der Waals surface area contributed by atoms with E-state index in [9.17, 15) is 13.2 Å². The molecule has 1 N–H and O–H groups in total. The van der Waals surface area contributed by atoms with Gasteiger partial charge in [0.1, 0.15) is 17.6 Å². The molecule has 0 unspecified atom stereocenters. The lowest BCUT2D eigenvalue weighted by Gasteiger charge is -2.29. The molecule has 0 saturated carbocycles. The molecule has 0 radical (unpaired) electrons. The number of benzene rings is 2. The third-order valence-corrected chi connectivity index (χ3v) is 4.99. The van der Waals surface area contributed by atoms with Crippen molar-refractivity contribution in [3.05, 3.63) is 48.5 Å². The van der Waals surface area contributed by atoms with E-state index in [2.05, 4.69) is 10.1 Å². The van der Waals surface area contributed by atoms with Crippen LogP contribution in [0.15, 0.2) is 48.5 Å². The van der Waals surface area contributed by atoms with E-state index in [1.165, 1.54) is 25.0 Å². The highest BCUT2D eigenvalue weighted by atomic mass is 19.4. The maximum Gasteiger partial charge on any atom is 0.573 e. The van der Waals surface area contributed by atoms with E-state index in [4.69, 9.17) is 4.74 Å². The molecule has 2 aliphatic rings. The van der Waals surface area contributed by atoms with Crippen LogP contribution in [0.25, 0.3) is 11.1 Å². The first-order valence-electron chi connectivity index (χ1n) is 8.83. The predicted octanol–water partition coefficient (Wildman–Crippen LogP) is 4.91. The molecule has 3 nitrogen and oxygen atoms in total. The number of halogens is 3. The molecule has 26 heavy (non-hydrogen) atoms. The number of ether oxygens (including phenoxy) is 2. The molecule has 0 aromatic heterocycles. The van der Waals surface area contributed by atoms with Crippen LogP contribution in [0.3, 0.4) is 0 Å². The van der Waals surface area contributed by atoms with E-state index in [-0.39, 0.29) is 11.9 Å². The average molecular weight is 363 g/mol. The van der Waals surface area contributed by atoms with Crippen LogP contribution in [0, 0.1) is 0 Å². The van der Waals surface area contributed by atoms with Crippen molar-refractivity contribution in [1.82, 2.24) is 5.32 Å². The summed E-state index contributed by atoms with van der Waals surface area (Å²) in [6.45, 7) is 0. The van der Waals surface area contributed by atoms with E-state index in [1.807, 2.05) is 24.3 Å². The molecule has 6 heteroatoms. The number of fused-ring (bicyclic) bond motifs is 2. The fourth-order valence-electron chi connectivity index (χ4n) is 3.89. The molecule has 2 saturated heterocycles. The number of hydrogen-bond donors (Lipinski definition) is 1. The van der Waals surface area contributed by atoms with Crippen molar-refractivity contribution in [2.45, 2.75) is 50.2 Å². The molecular weight excluding hydrogens is 343 g/mol. The summed E-state index contributed by atoms with van der Waals surface area (Å²) in [6.07, 6.45) is 0.0118. The fourth-order valence-corrected chi connectivity index (χ4v) is 3.89. The Labute approximate surface area is 150 Å². The molecule has 2 aromatic carbocycles. The summed E-state index contributed by atoms with van der Waals surface area (Å²) in [5.74, 6) is 0.572. The normalized spacial score (nSPS) is 25.1. The fraction of sp³-hybridized carbons (Fsp3) is 0.400. The van der Waals surface area contributed by atoms with Gasteiger partial charge in [-0.25, -0.2) is 0 Å². The van der Waals surface area contributed by atoms with Crippen molar-refractivity contribution in [3.63, 3.8) is 0 Å². The van der Waals surface area contributed by atoms with Gasteiger partial charge in [-0.3, -0.25) is 0 Å². The van der Waals surface area contributed by atoms with E-state index in [1.54, 1.807) is 12.1 Å². The minimum atomic E-state index is -4.68. The van der Waals surface area contributed by atoms with Gasteiger partial charge in [0.25, 0.3) is 0 Å².